The zero-order valence-electron chi connectivity index (χ0n) is 19.6. The van der Waals surface area contributed by atoms with Gasteiger partial charge in [0.25, 0.3) is 0 Å². The fourth-order valence-electron chi connectivity index (χ4n) is 4.00. The molecule has 2 aliphatic heterocycles. The van der Waals surface area contributed by atoms with E-state index in [1.807, 2.05) is 17.0 Å². The van der Waals surface area contributed by atoms with Crippen LogP contribution in [0.3, 0.4) is 0 Å². The molecular formula is C25H31IN2O2SeSi. The normalized spacial score (nSPS) is 24.1. The molecule has 0 unspecified atom stereocenters. The first-order valence-corrected chi connectivity index (χ1v) is 17.1. The summed E-state index contributed by atoms with van der Waals surface area (Å²) in [6.45, 7) is 13.3. The van der Waals surface area contributed by atoms with E-state index in [0.717, 1.165) is 15.7 Å². The number of allylic oxidation sites excluding steroid dienone is 1. The second-order valence-corrected chi connectivity index (χ2v) is 18.3. The Morgan fingerprint density at radius 3 is 2.56 bits per heavy atom. The van der Waals surface area contributed by atoms with Crippen molar-refractivity contribution in [1.29, 1.82) is 0 Å². The summed E-state index contributed by atoms with van der Waals surface area (Å²) in [5, 5.41) is 3.47. The van der Waals surface area contributed by atoms with Crippen LogP contribution in [0.2, 0.25) is 23.5 Å². The van der Waals surface area contributed by atoms with Crippen molar-refractivity contribution in [2.75, 3.05) is 0 Å². The molecular weight excluding hydrogens is 594 g/mol. The van der Waals surface area contributed by atoms with Crippen molar-refractivity contribution in [3.63, 3.8) is 0 Å². The number of β-lactam (4-membered cyclic amide) rings is 1. The average molecular weight is 625 g/mol. The third-order valence-electron chi connectivity index (χ3n) is 6.84. The maximum absolute atomic E-state index is 13.4. The molecule has 4 rings (SSSR count). The molecule has 2 aliphatic rings. The Hall–Kier alpha value is -0.994. The van der Waals surface area contributed by atoms with Gasteiger partial charge in [-0.25, -0.2) is 0 Å². The molecule has 0 saturated carbocycles. The van der Waals surface area contributed by atoms with E-state index in [0.29, 0.717) is 0 Å². The Morgan fingerprint density at radius 1 is 1.19 bits per heavy atom. The van der Waals surface area contributed by atoms with E-state index >= 15 is 0 Å². The van der Waals surface area contributed by atoms with Gasteiger partial charge in [0.1, 0.15) is 0 Å². The topological polar surface area (TPSA) is 41.9 Å². The van der Waals surface area contributed by atoms with Crippen LogP contribution in [0.25, 0.3) is 10.8 Å². The number of amidine groups is 1. The van der Waals surface area contributed by atoms with Crippen LogP contribution in [-0.2, 0) is 9.22 Å². The van der Waals surface area contributed by atoms with Crippen molar-refractivity contribution in [3.05, 3.63) is 52.1 Å². The molecule has 0 aliphatic carbocycles. The zero-order chi connectivity index (χ0) is 23.3. The number of carbonyl (C=O) groups is 1. The van der Waals surface area contributed by atoms with Crippen molar-refractivity contribution >= 4 is 73.0 Å². The van der Waals surface area contributed by atoms with Crippen molar-refractivity contribution in [1.82, 2.24) is 4.90 Å². The van der Waals surface area contributed by atoms with Crippen LogP contribution in [-0.4, -0.2) is 51.0 Å². The second-order valence-electron chi connectivity index (χ2n) is 10.1. The predicted molar refractivity (Wildman–Crippen MR) is 146 cm³/mol. The first-order valence-electron chi connectivity index (χ1n) is 11.1. The van der Waals surface area contributed by atoms with Gasteiger partial charge in [0.2, 0.25) is 0 Å². The van der Waals surface area contributed by atoms with Gasteiger partial charge in [-0.05, 0) is 0 Å². The molecule has 2 aromatic carbocycles. The quantitative estimate of drug-likeness (QED) is 0.221. The molecule has 0 aromatic heterocycles. The molecule has 1 fully saturated rings. The summed E-state index contributed by atoms with van der Waals surface area (Å²) in [7, 11) is -1.95. The van der Waals surface area contributed by atoms with Gasteiger partial charge in [0.05, 0.1) is 0 Å². The zero-order valence-corrected chi connectivity index (χ0v) is 24.4. The molecule has 4 nitrogen and oxygen atoms in total. The standard InChI is InChI=1S/C25H31IN2O2SeSi/c1-16(30-32(5,6)25(2,3)4)22-21-14-19(26)15-31-24(28(21)23(22)29)27-20-12-11-17-9-7-8-10-18(17)13-20/h7-14,16,21-22H,15H2,1-6H3/t16-,21-,22-/m1/s1. The number of amides is 1. The van der Waals surface area contributed by atoms with E-state index < -0.39 is 8.32 Å². The first-order chi connectivity index (χ1) is 15.0. The number of hydrogen-bond acceptors (Lipinski definition) is 3. The Morgan fingerprint density at radius 2 is 1.88 bits per heavy atom. The summed E-state index contributed by atoms with van der Waals surface area (Å²) in [6.07, 6.45) is 2.17. The van der Waals surface area contributed by atoms with Crippen LogP contribution in [0.5, 0.6) is 0 Å². The van der Waals surface area contributed by atoms with Crippen LogP contribution in [0.1, 0.15) is 27.7 Å². The Labute approximate surface area is 212 Å². The molecule has 32 heavy (non-hydrogen) atoms. The van der Waals surface area contributed by atoms with Crippen LogP contribution in [0.15, 0.2) is 57.1 Å². The molecule has 0 spiro atoms. The van der Waals surface area contributed by atoms with Crippen molar-refractivity contribution in [2.45, 2.75) is 63.3 Å². The molecule has 170 valence electrons. The van der Waals surface area contributed by atoms with Gasteiger partial charge in [0, 0.05) is 0 Å². The van der Waals surface area contributed by atoms with Crippen molar-refractivity contribution in [3.8, 4) is 0 Å². The van der Waals surface area contributed by atoms with E-state index in [4.69, 9.17) is 9.42 Å². The summed E-state index contributed by atoms with van der Waals surface area (Å²) in [5.41, 5.74) is 0.915. The fourth-order valence-corrected chi connectivity index (χ4v) is 8.47. The summed E-state index contributed by atoms with van der Waals surface area (Å²) in [4.78, 5) is 20.3. The molecule has 1 saturated heterocycles. The third kappa shape index (κ3) is 4.64. The van der Waals surface area contributed by atoms with Gasteiger partial charge in [-0.3, -0.25) is 0 Å². The molecule has 7 heteroatoms. The molecule has 1 amide bonds. The van der Waals surface area contributed by atoms with E-state index in [-0.39, 0.29) is 44.0 Å². The predicted octanol–water partition coefficient (Wildman–Crippen LogP) is 6.52. The molecule has 0 radical (unpaired) electrons. The Kier molecular flexibility index (Phi) is 6.78. The van der Waals surface area contributed by atoms with Crippen LogP contribution in [0, 0.1) is 5.92 Å². The van der Waals surface area contributed by atoms with E-state index in [9.17, 15) is 4.79 Å². The van der Waals surface area contributed by atoms with Gasteiger partial charge in [-0.2, -0.15) is 0 Å². The van der Waals surface area contributed by atoms with Crippen molar-refractivity contribution < 1.29 is 9.22 Å². The van der Waals surface area contributed by atoms with Gasteiger partial charge in [0.15, 0.2) is 0 Å². The maximum atomic E-state index is 13.4. The van der Waals surface area contributed by atoms with E-state index in [1.165, 1.54) is 14.4 Å². The van der Waals surface area contributed by atoms with Gasteiger partial charge < -0.3 is 0 Å². The van der Waals surface area contributed by atoms with Crippen LogP contribution < -0.4 is 0 Å². The van der Waals surface area contributed by atoms with Crippen molar-refractivity contribution in [2.24, 2.45) is 10.9 Å². The van der Waals surface area contributed by atoms with E-state index in [2.05, 4.69) is 99.8 Å². The summed E-state index contributed by atoms with van der Waals surface area (Å²) < 4.78 is 8.88. The second kappa shape index (κ2) is 8.99. The summed E-state index contributed by atoms with van der Waals surface area (Å²) in [5.74, 6) is 0.0227. The number of nitrogens with zero attached hydrogens (tertiary/aromatic N) is 2. The molecule has 0 N–H and O–H groups in total. The SMILES string of the molecule is C[C@@H](O[Si](C)(C)C(C)(C)C)[C@H]1C(=O)N2C(=Nc3ccc4ccccc4c3)[Se]CC(I)=C[C@H]12. The number of hydrogen-bond donors (Lipinski definition) is 0. The third-order valence-corrected chi connectivity index (χ3v) is 15.4. The Balaban J connectivity index is 1.61. The van der Waals surface area contributed by atoms with Crippen LogP contribution in [0.4, 0.5) is 5.69 Å². The van der Waals surface area contributed by atoms with Gasteiger partial charge >= 0.3 is 213 Å². The molecule has 3 atom stereocenters. The first kappa shape index (κ1) is 24.1. The Bertz CT molecular complexity index is 1110. The minimum atomic E-state index is -1.95. The molecule has 0 bridgehead atoms. The molecule has 2 heterocycles. The number of carbonyl (C=O) groups excluding carboxylic acids is 1. The van der Waals surface area contributed by atoms with Gasteiger partial charge in [-0.1, -0.05) is 0 Å². The summed E-state index contributed by atoms with van der Waals surface area (Å²) >= 11 is 2.55. The van der Waals surface area contributed by atoms with Gasteiger partial charge in [-0.15, -0.1) is 0 Å². The number of aliphatic imine (C=N–C) groups is 1. The monoisotopic (exact) mass is 626 g/mol. The van der Waals surface area contributed by atoms with Crippen LogP contribution >= 0.6 is 22.6 Å². The number of benzene rings is 2. The number of fused-ring (bicyclic) bond motifs is 2. The van der Waals surface area contributed by atoms with E-state index in [1.54, 1.807) is 0 Å². The fraction of sp³-hybridized carbons (Fsp3) is 0.440. The number of rotatable bonds is 4. The average Bonchev–Trinajstić information content (AvgIpc) is 2.83. The minimum absolute atomic E-state index is 0.0396. The molecule has 2 aromatic rings. The number of halogens is 1. The summed E-state index contributed by atoms with van der Waals surface area (Å²) in [6, 6.07) is 14.6.